The summed E-state index contributed by atoms with van der Waals surface area (Å²) in [5, 5.41) is 45.1. The number of likely N-dealkylation sites (tertiary alicyclic amines) is 1. The molecule has 0 unspecified atom stereocenters. The molecule has 1 amide bonds. The number of benzene rings is 1. The van der Waals surface area contributed by atoms with Crippen LogP contribution < -0.4 is 5.32 Å². The maximum atomic E-state index is 13.1. The number of likely N-dealkylation sites (N-methyl/N-ethyl adjacent to an activating group) is 1. The van der Waals surface area contributed by atoms with Gasteiger partial charge in [-0.05, 0) is 56.9 Å². The predicted octanol–water partition coefficient (Wildman–Crippen LogP) is 1.15. The first-order valence-electron chi connectivity index (χ1n) is 12.8. The van der Waals surface area contributed by atoms with Crippen molar-refractivity contribution in [1.82, 2.24) is 10.2 Å². The number of nitrogens with zero attached hydrogens (tertiary/aromatic N) is 1. The van der Waals surface area contributed by atoms with Gasteiger partial charge in [0, 0.05) is 6.54 Å². The summed E-state index contributed by atoms with van der Waals surface area (Å²) in [5.74, 6) is 0.917. The number of aryl methyl sites for hydroxylation is 1. The Labute approximate surface area is 213 Å². The molecule has 0 radical (unpaired) electrons. The highest BCUT2D eigenvalue weighted by Crippen LogP contribution is 2.32. The van der Waals surface area contributed by atoms with Gasteiger partial charge in [0.1, 0.15) is 29.9 Å². The van der Waals surface area contributed by atoms with Crippen LogP contribution in [-0.4, -0.2) is 98.6 Å². The summed E-state index contributed by atoms with van der Waals surface area (Å²) in [6.45, 7) is 4.51. The molecule has 2 aliphatic rings. The van der Waals surface area contributed by atoms with E-state index in [0.29, 0.717) is 11.7 Å². The van der Waals surface area contributed by atoms with E-state index in [0.717, 1.165) is 38.6 Å². The fraction of sp³-hybridized carbons (Fsp3) is 0.731. The zero-order chi connectivity index (χ0) is 25.5. The van der Waals surface area contributed by atoms with E-state index in [4.69, 9.17) is 4.74 Å². The standard InChI is InChI=1S/C26H42N2O6S/c1-4-9-18-14-19(28(3)15-18)25(33)27-20(16(2)29)24-22(31)21(30)23(32)26(34-24)35-13-8-12-17-10-6-5-7-11-17/h5-7,10-11,16,18-24,26,29-32H,4,8-9,12-15H2,1-3H3,(H,27,33)/t16-,18-,19+,20-,21+,22-,23-,24-,26-/m1/s1. The minimum atomic E-state index is -1.44. The van der Waals surface area contributed by atoms with Gasteiger partial charge in [0.15, 0.2) is 0 Å². The number of hydrogen-bond acceptors (Lipinski definition) is 8. The van der Waals surface area contributed by atoms with E-state index in [1.54, 1.807) is 0 Å². The van der Waals surface area contributed by atoms with E-state index in [1.807, 2.05) is 30.1 Å². The zero-order valence-corrected chi connectivity index (χ0v) is 21.8. The van der Waals surface area contributed by atoms with E-state index in [1.165, 1.54) is 24.2 Å². The molecule has 8 nitrogen and oxygen atoms in total. The number of rotatable bonds is 11. The van der Waals surface area contributed by atoms with Crippen molar-refractivity contribution < 1.29 is 30.0 Å². The molecule has 5 N–H and O–H groups in total. The molecule has 9 atom stereocenters. The Kier molecular flexibility index (Phi) is 10.8. The average Bonchev–Trinajstić information content (AvgIpc) is 3.21. The second-order valence-corrected chi connectivity index (χ2v) is 11.2. The molecule has 0 saturated carbocycles. The van der Waals surface area contributed by atoms with Crippen molar-refractivity contribution in [2.24, 2.45) is 5.92 Å². The molecule has 2 saturated heterocycles. The van der Waals surface area contributed by atoms with Crippen molar-refractivity contribution in [3.05, 3.63) is 35.9 Å². The Morgan fingerprint density at radius 2 is 1.91 bits per heavy atom. The Bertz CT molecular complexity index is 784. The highest BCUT2D eigenvalue weighted by atomic mass is 32.2. The summed E-state index contributed by atoms with van der Waals surface area (Å²) in [6, 6.07) is 8.86. The fourth-order valence-electron chi connectivity index (χ4n) is 5.20. The molecule has 1 aromatic rings. The molecule has 0 bridgehead atoms. The lowest BCUT2D eigenvalue weighted by Crippen LogP contribution is -2.65. The van der Waals surface area contributed by atoms with Crippen LogP contribution in [0.5, 0.6) is 0 Å². The molecular weight excluding hydrogens is 468 g/mol. The first kappa shape index (κ1) is 28.4. The van der Waals surface area contributed by atoms with Crippen LogP contribution in [-0.2, 0) is 16.0 Å². The van der Waals surface area contributed by atoms with Crippen molar-refractivity contribution >= 4 is 17.7 Å². The normalized spacial score (nSPS) is 33.4. The minimum absolute atomic E-state index is 0.222. The van der Waals surface area contributed by atoms with Crippen molar-refractivity contribution in [1.29, 1.82) is 0 Å². The van der Waals surface area contributed by atoms with Crippen LogP contribution in [0.15, 0.2) is 30.3 Å². The second kappa shape index (κ2) is 13.4. The first-order valence-corrected chi connectivity index (χ1v) is 13.8. The van der Waals surface area contributed by atoms with Crippen LogP contribution in [0, 0.1) is 5.92 Å². The van der Waals surface area contributed by atoms with Gasteiger partial charge >= 0.3 is 0 Å². The van der Waals surface area contributed by atoms with E-state index in [-0.39, 0.29) is 11.9 Å². The highest BCUT2D eigenvalue weighted by Gasteiger charge is 2.48. The third-order valence-corrected chi connectivity index (χ3v) is 8.40. The van der Waals surface area contributed by atoms with Crippen LogP contribution in [0.3, 0.4) is 0 Å². The SMILES string of the molecule is CCC[C@@H]1C[C@@H](C(=O)N[C@@H]([C@H]2O[C@H](SCCCc3ccccc3)[C@H](O)[C@@H](O)[C@H]2O)[C@@H](C)O)N(C)C1. The molecule has 2 aliphatic heterocycles. The Morgan fingerprint density at radius 3 is 2.57 bits per heavy atom. The van der Waals surface area contributed by atoms with Gasteiger partial charge in [0.25, 0.3) is 0 Å². The Morgan fingerprint density at radius 1 is 1.20 bits per heavy atom. The predicted molar refractivity (Wildman–Crippen MR) is 137 cm³/mol. The van der Waals surface area contributed by atoms with E-state index in [2.05, 4.69) is 24.4 Å². The van der Waals surface area contributed by atoms with Crippen molar-refractivity contribution in [2.75, 3.05) is 19.3 Å². The van der Waals surface area contributed by atoms with Gasteiger partial charge in [-0.1, -0.05) is 43.7 Å². The van der Waals surface area contributed by atoms with E-state index in [9.17, 15) is 25.2 Å². The number of aliphatic hydroxyl groups is 4. The van der Waals surface area contributed by atoms with Crippen LogP contribution in [0.2, 0.25) is 0 Å². The number of amides is 1. The topological polar surface area (TPSA) is 122 Å². The number of hydrogen-bond donors (Lipinski definition) is 5. The number of ether oxygens (including phenoxy) is 1. The quantitative estimate of drug-likeness (QED) is 0.281. The molecule has 2 heterocycles. The largest absolute Gasteiger partial charge is 0.391 e. The maximum absolute atomic E-state index is 13.1. The van der Waals surface area contributed by atoms with Gasteiger partial charge < -0.3 is 30.5 Å². The summed E-state index contributed by atoms with van der Waals surface area (Å²) in [7, 11) is 1.92. The zero-order valence-electron chi connectivity index (χ0n) is 21.0. The van der Waals surface area contributed by atoms with Crippen molar-refractivity contribution in [3.63, 3.8) is 0 Å². The fourth-order valence-corrected chi connectivity index (χ4v) is 6.30. The summed E-state index contributed by atoms with van der Waals surface area (Å²) < 4.78 is 6.02. The van der Waals surface area contributed by atoms with Crippen molar-refractivity contribution in [3.8, 4) is 0 Å². The first-order chi connectivity index (χ1) is 16.7. The second-order valence-electron chi connectivity index (χ2n) is 10.0. The van der Waals surface area contributed by atoms with Crippen LogP contribution in [0.4, 0.5) is 0 Å². The molecule has 9 heteroatoms. The summed E-state index contributed by atoms with van der Waals surface area (Å²) in [5.41, 5.74) is 0.442. The van der Waals surface area contributed by atoms with Gasteiger partial charge in [-0.25, -0.2) is 0 Å². The summed E-state index contributed by atoms with van der Waals surface area (Å²) in [6.07, 6.45) is -1.63. The molecule has 0 aromatic heterocycles. The molecule has 0 aliphatic carbocycles. The highest BCUT2D eigenvalue weighted by molar-refractivity contribution is 7.99. The lowest BCUT2D eigenvalue weighted by molar-refractivity contribution is -0.211. The Hall–Kier alpha value is -1.20. The lowest BCUT2D eigenvalue weighted by atomic mass is 9.92. The molecule has 0 spiro atoms. The van der Waals surface area contributed by atoms with Crippen LogP contribution in [0.1, 0.15) is 45.1 Å². The molecule has 2 fully saturated rings. The third kappa shape index (κ3) is 7.41. The Balaban J connectivity index is 1.61. The average molecular weight is 511 g/mol. The van der Waals surface area contributed by atoms with Gasteiger partial charge in [-0.15, -0.1) is 11.8 Å². The number of carbonyl (C=O) groups excluding carboxylic acids is 1. The number of carbonyl (C=O) groups is 1. The van der Waals surface area contributed by atoms with Gasteiger partial charge in [0.05, 0.1) is 18.2 Å². The summed E-state index contributed by atoms with van der Waals surface area (Å²) in [4.78, 5) is 15.1. The molecular formula is C26H42N2O6S. The monoisotopic (exact) mass is 510 g/mol. The number of aliphatic hydroxyl groups excluding tert-OH is 4. The van der Waals surface area contributed by atoms with Gasteiger partial charge in [-0.3, -0.25) is 9.69 Å². The smallest absolute Gasteiger partial charge is 0.237 e. The van der Waals surface area contributed by atoms with Gasteiger partial charge in [-0.2, -0.15) is 0 Å². The van der Waals surface area contributed by atoms with E-state index >= 15 is 0 Å². The minimum Gasteiger partial charge on any atom is -0.391 e. The lowest BCUT2D eigenvalue weighted by Gasteiger charge is -2.44. The third-order valence-electron chi connectivity index (χ3n) is 7.16. The molecule has 198 valence electrons. The number of nitrogens with one attached hydrogen (secondary N) is 1. The molecule has 3 rings (SSSR count). The number of thioether (sulfide) groups is 1. The summed E-state index contributed by atoms with van der Waals surface area (Å²) >= 11 is 1.37. The maximum Gasteiger partial charge on any atom is 0.237 e. The van der Waals surface area contributed by atoms with Crippen LogP contribution >= 0.6 is 11.8 Å². The van der Waals surface area contributed by atoms with E-state index < -0.39 is 42.0 Å². The molecule has 1 aromatic carbocycles. The van der Waals surface area contributed by atoms with Crippen molar-refractivity contribution in [2.45, 2.75) is 94.0 Å². The molecule has 35 heavy (non-hydrogen) atoms. The van der Waals surface area contributed by atoms with Crippen LogP contribution in [0.25, 0.3) is 0 Å². The van der Waals surface area contributed by atoms with Gasteiger partial charge in [0.2, 0.25) is 5.91 Å².